The summed E-state index contributed by atoms with van der Waals surface area (Å²) in [6.45, 7) is 7.90. The third kappa shape index (κ3) is 8.67. The molecule has 1 aliphatic heterocycles. The Morgan fingerprint density at radius 1 is 0.875 bits per heavy atom. The molecule has 0 unspecified atom stereocenters. The number of unbranched alkanes of at least 4 members (excludes halogenated alkanes) is 2. The Bertz CT molecular complexity index is 2370. The van der Waals surface area contributed by atoms with Gasteiger partial charge in [-0.1, -0.05) is 92.9 Å². The summed E-state index contributed by atoms with van der Waals surface area (Å²) in [4.78, 5) is 48.3. The topological polar surface area (TPSA) is 125 Å². The number of hydrogen-bond donors (Lipinski definition) is 1. The van der Waals surface area contributed by atoms with Crippen molar-refractivity contribution in [3.05, 3.63) is 124 Å². The van der Waals surface area contributed by atoms with Crippen molar-refractivity contribution in [3.63, 3.8) is 0 Å². The van der Waals surface area contributed by atoms with Gasteiger partial charge in [-0.25, -0.2) is 17.8 Å². The lowest BCUT2D eigenvalue weighted by Gasteiger charge is -2.38. The maximum absolute atomic E-state index is 15.0. The van der Waals surface area contributed by atoms with Crippen LogP contribution < -0.4 is 4.72 Å². The minimum absolute atomic E-state index is 0.0412. The van der Waals surface area contributed by atoms with Gasteiger partial charge in [0.1, 0.15) is 0 Å². The van der Waals surface area contributed by atoms with E-state index >= 15 is 0 Å². The van der Waals surface area contributed by atoms with Gasteiger partial charge in [-0.2, -0.15) is 5.10 Å². The number of carbonyl (C=O) groups excluding carboxylic acids is 3. The van der Waals surface area contributed by atoms with Crippen LogP contribution in [0.5, 0.6) is 0 Å². The molecule has 3 amide bonds. The molecule has 1 N–H and O–H groups in total. The molecule has 0 aliphatic carbocycles. The quantitative estimate of drug-likeness (QED) is 0.125. The molecule has 5 aromatic rings. The van der Waals surface area contributed by atoms with Crippen molar-refractivity contribution in [3.8, 4) is 5.69 Å². The Labute approximate surface area is 334 Å². The van der Waals surface area contributed by atoms with Crippen LogP contribution >= 0.6 is 11.6 Å². The Balaban J connectivity index is 1.43. The largest absolute Gasteiger partial charge is 0.337 e. The van der Waals surface area contributed by atoms with Crippen molar-refractivity contribution in [1.82, 2.24) is 29.2 Å². The smallest absolute Gasteiger partial charge is 0.275 e. The molecule has 1 atom stereocenters. The number of halogens is 1. The summed E-state index contributed by atoms with van der Waals surface area (Å²) >= 11 is 6.87. The van der Waals surface area contributed by atoms with E-state index in [4.69, 9.17) is 16.7 Å². The lowest BCUT2D eigenvalue weighted by atomic mass is 9.92. The third-order valence-corrected chi connectivity index (χ3v) is 12.0. The number of sulfonamides is 1. The van der Waals surface area contributed by atoms with Crippen molar-refractivity contribution in [2.24, 2.45) is 0 Å². The number of nitrogens with one attached hydrogen (secondary N) is 1. The van der Waals surface area contributed by atoms with Crippen LogP contribution in [0.4, 0.5) is 0 Å². The number of aromatic nitrogens is 2. The van der Waals surface area contributed by atoms with Crippen LogP contribution in [0.25, 0.3) is 16.5 Å². The number of hydrogen-bond acceptors (Lipinski definition) is 7. The molecule has 0 saturated carbocycles. The molecule has 0 saturated heterocycles. The highest BCUT2D eigenvalue weighted by atomic mass is 35.5. The number of amides is 3. The zero-order valence-electron chi connectivity index (χ0n) is 32.6. The summed E-state index contributed by atoms with van der Waals surface area (Å²) in [5.74, 6) is -1.57. The molecule has 0 bridgehead atoms. The molecule has 0 radical (unpaired) electrons. The molecular weight excluding hydrogens is 748 g/mol. The molecule has 4 aromatic carbocycles. The minimum Gasteiger partial charge on any atom is -0.337 e. The second kappa shape index (κ2) is 17.4. The molecule has 11 nitrogen and oxygen atoms in total. The normalized spacial score (nSPS) is 14.2. The van der Waals surface area contributed by atoms with E-state index in [1.807, 2.05) is 55.4 Å². The van der Waals surface area contributed by atoms with E-state index < -0.39 is 15.9 Å². The minimum atomic E-state index is -4.29. The van der Waals surface area contributed by atoms with Crippen LogP contribution in [0.3, 0.4) is 0 Å². The van der Waals surface area contributed by atoms with Crippen molar-refractivity contribution in [2.45, 2.75) is 70.4 Å². The van der Waals surface area contributed by atoms with E-state index in [1.54, 1.807) is 34.9 Å². The van der Waals surface area contributed by atoms with Crippen molar-refractivity contribution < 1.29 is 22.8 Å². The predicted octanol–water partition coefficient (Wildman–Crippen LogP) is 7.28. The molecule has 294 valence electrons. The summed E-state index contributed by atoms with van der Waals surface area (Å²) in [7, 11) is -0.385. The highest BCUT2D eigenvalue weighted by Crippen LogP contribution is 2.31. The average Bonchev–Trinajstić information content (AvgIpc) is 3.49. The second-order valence-corrected chi connectivity index (χ2v) is 16.7. The Morgan fingerprint density at radius 3 is 2.21 bits per heavy atom. The molecule has 6 rings (SSSR count). The SMILES string of the molecule is CCCCN(CCCC)C(=O)c1nn(-c2ccc(C(=O)NS(=O)(=O)c3ccc4ccccc4c3)cc2C(=O)N2Cc3ccccc3C[C@H]2CN(C)C)c(C)c1Cl. The highest BCUT2D eigenvalue weighted by molar-refractivity contribution is 7.90. The van der Waals surface area contributed by atoms with Crippen molar-refractivity contribution in [1.29, 1.82) is 0 Å². The molecule has 56 heavy (non-hydrogen) atoms. The van der Waals surface area contributed by atoms with E-state index in [9.17, 15) is 22.8 Å². The first kappa shape index (κ1) is 40.6. The first-order valence-corrected chi connectivity index (χ1v) is 21.0. The second-order valence-electron chi connectivity index (χ2n) is 14.7. The standard InChI is InChI=1S/C43H49ClN6O5S/c1-6-8-22-48(23-9-7-2)43(53)40-39(44)29(3)50(45-40)38-21-19-33(41(51)46-56(54,55)36-20-18-30-14-10-11-16-32(30)25-36)26-37(38)42(52)49-27-34-17-13-12-15-31(34)24-35(49)28-47(4)5/h10-21,25-26,35H,6-9,22-24,27-28H2,1-5H3,(H,46,51)/t35-/m0/s1. The average molecular weight is 797 g/mol. The third-order valence-electron chi connectivity index (χ3n) is 10.3. The summed E-state index contributed by atoms with van der Waals surface area (Å²) in [5.41, 5.74) is 3.07. The van der Waals surface area contributed by atoms with Crippen molar-refractivity contribution >= 4 is 50.1 Å². The first-order chi connectivity index (χ1) is 26.8. The van der Waals surface area contributed by atoms with Crippen LogP contribution in [0.2, 0.25) is 5.02 Å². The van der Waals surface area contributed by atoms with E-state index in [0.29, 0.717) is 49.4 Å². The van der Waals surface area contributed by atoms with Crippen LogP contribution in [-0.4, -0.2) is 90.4 Å². The van der Waals surface area contributed by atoms with E-state index in [-0.39, 0.29) is 44.6 Å². The van der Waals surface area contributed by atoms with Crippen molar-refractivity contribution in [2.75, 3.05) is 33.7 Å². The number of rotatable bonds is 14. The Kier molecular flexibility index (Phi) is 12.6. The fourth-order valence-electron chi connectivity index (χ4n) is 7.19. The molecule has 1 aliphatic rings. The number of likely N-dealkylation sites (N-methyl/N-ethyl adjacent to an activating group) is 1. The van der Waals surface area contributed by atoms with Crippen LogP contribution in [0.15, 0.2) is 89.8 Å². The van der Waals surface area contributed by atoms with Gasteiger partial charge in [0.25, 0.3) is 27.7 Å². The molecule has 13 heteroatoms. The van der Waals surface area contributed by atoms with E-state index in [1.165, 1.54) is 28.9 Å². The Morgan fingerprint density at radius 2 is 1.54 bits per heavy atom. The van der Waals surface area contributed by atoms with Gasteiger partial charge in [0, 0.05) is 37.8 Å². The zero-order valence-corrected chi connectivity index (χ0v) is 34.2. The van der Waals surface area contributed by atoms with Gasteiger partial charge in [0.05, 0.1) is 26.9 Å². The van der Waals surface area contributed by atoms with Gasteiger partial charge in [-0.3, -0.25) is 14.4 Å². The van der Waals surface area contributed by atoms with E-state index in [0.717, 1.165) is 42.2 Å². The fraction of sp³-hybridized carbons (Fsp3) is 0.349. The summed E-state index contributed by atoms with van der Waals surface area (Å²) in [6.07, 6.45) is 4.12. The highest BCUT2D eigenvalue weighted by Gasteiger charge is 2.34. The van der Waals surface area contributed by atoms with Gasteiger partial charge in [0.15, 0.2) is 5.69 Å². The van der Waals surface area contributed by atoms with Gasteiger partial charge in [0.2, 0.25) is 0 Å². The predicted molar refractivity (Wildman–Crippen MR) is 220 cm³/mol. The fourth-order valence-corrected chi connectivity index (χ4v) is 8.40. The van der Waals surface area contributed by atoms with Gasteiger partial charge in [-0.05, 0) is 92.5 Å². The molecular formula is C43H49ClN6O5S. The first-order valence-electron chi connectivity index (χ1n) is 19.1. The molecule has 2 heterocycles. The van der Waals surface area contributed by atoms with Gasteiger partial charge in [-0.15, -0.1) is 0 Å². The molecule has 0 spiro atoms. The van der Waals surface area contributed by atoms with Crippen LogP contribution in [0.1, 0.15) is 87.6 Å². The summed E-state index contributed by atoms with van der Waals surface area (Å²) < 4.78 is 30.7. The van der Waals surface area contributed by atoms with Gasteiger partial charge >= 0.3 is 0 Å². The lowest BCUT2D eigenvalue weighted by Crippen LogP contribution is -2.49. The number of carbonyl (C=O) groups is 3. The van der Waals surface area contributed by atoms with E-state index in [2.05, 4.69) is 24.6 Å². The summed E-state index contributed by atoms with van der Waals surface area (Å²) in [5, 5.41) is 6.47. The summed E-state index contributed by atoms with van der Waals surface area (Å²) in [6, 6.07) is 24.2. The maximum Gasteiger partial charge on any atom is 0.275 e. The zero-order chi connectivity index (χ0) is 40.1. The number of nitrogens with zero attached hydrogens (tertiary/aromatic N) is 5. The monoisotopic (exact) mass is 796 g/mol. The van der Waals surface area contributed by atoms with Crippen LogP contribution in [-0.2, 0) is 23.0 Å². The Hall–Kier alpha value is -5.04. The molecule has 0 fully saturated rings. The number of fused-ring (bicyclic) bond motifs is 2. The maximum atomic E-state index is 15.0. The molecule has 1 aromatic heterocycles. The van der Waals surface area contributed by atoms with Gasteiger partial charge < -0.3 is 14.7 Å². The lowest BCUT2D eigenvalue weighted by molar-refractivity contribution is 0.0606. The van der Waals surface area contributed by atoms with Crippen LogP contribution in [0, 0.1) is 6.92 Å². The number of benzene rings is 4.